The van der Waals surface area contributed by atoms with Gasteiger partial charge in [-0.2, -0.15) is 11.8 Å². The number of halogens is 1. The van der Waals surface area contributed by atoms with Gasteiger partial charge in [0.05, 0.1) is 4.83 Å². The summed E-state index contributed by atoms with van der Waals surface area (Å²) in [5, 5.41) is 3.04. The first kappa shape index (κ1) is 13.4. The number of carbonyl (C=O) groups is 1. The molecule has 1 N–H and O–H groups in total. The van der Waals surface area contributed by atoms with Gasteiger partial charge in [0.15, 0.2) is 0 Å². The average Bonchev–Trinajstić information content (AvgIpc) is 2.61. The second kappa shape index (κ2) is 5.58. The molecule has 1 aliphatic rings. The third-order valence-corrected chi connectivity index (χ3v) is 5.78. The Kier molecular flexibility index (Phi) is 4.97. The zero-order chi connectivity index (χ0) is 11.5. The molecule has 4 heteroatoms. The van der Waals surface area contributed by atoms with Gasteiger partial charge in [0.2, 0.25) is 5.91 Å². The fraction of sp³-hybridized carbons (Fsp3) is 0.909. The zero-order valence-corrected chi connectivity index (χ0v) is 12.1. The lowest BCUT2D eigenvalue weighted by Crippen LogP contribution is -2.41. The van der Waals surface area contributed by atoms with Crippen molar-refractivity contribution in [2.45, 2.75) is 43.2 Å². The minimum Gasteiger partial charge on any atom is -0.354 e. The van der Waals surface area contributed by atoms with Crippen molar-refractivity contribution < 1.29 is 4.79 Å². The van der Waals surface area contributed by atoms with Crippen molar-refractivity contribution in [1.29, 1.82) is 0 Å². The summed E-state index contributed by atoms with van der Waals surface area (Å²) in [5.74, 6) is 1.70. The monoisotopic (exact) mass is 293 g/mol. The van der Waals surface area contributed by atoms with E-state index in [0.29, 0.717) is 5.92 Å². The Morgan fingerprint density at radius 1 is 1.60 bits per heavy atom. The molecule has 0 aromatic carbocycles. The highest BCUT2D eigenvalue weighted by Crippen LogP contribution is 2.37. The molecule has 2 atom stereocenters. The number of hydrogen-bond acceptors (Lipinski definition) is 2. The molecule has 0 bridgehead atoms. The number of nitrogens with one attached hydrogen (secondary N) is 1. The van der Waals surface area contributed by atoms with Crippen molar-refractivity contribution in [3.63, 3.8) is 0 Å². The van der Waals surface area contributed by atoms with E-state index >= 15 is 0 Å². The summed E-state index contributed by atoms with van der Waals surface area (Å²) in [6.07, 6.45) is 2.49. The number of thioether (sulfide) groups is 1. The largest absolute Gasteiger partial charge is 0.354 e. The lowest BCUT2D eigenvalue weighted by molar-refractivity contribution is -0.121. The molecule has 0 aromatic heterocycles. The Labute approximate surface area is 105 Å². The maximum absolute atomic E-state index is 11.7. The molecule has 1 fully saturated rings. The number of amides is 1. The quantitative estimate of drug-likeness (QED) is 0.808. The van der Waals surface area contributed by atoms with Crippen molar-refractivity contribution in [2.75, 3.05) is 12.3 Å². The predicted molar refractivity (Wildman–Crippen MR) is 70.7 cm³/mol. The van der Waals surface area contributed by atoms with E-state index in [1.807, 2.05) is 25.6 Å². The SMILES string of the molecule is CC(C)C(Br)C(=O)NCC1(C)CCCS1. The molecule has 2 unspecified atom stereocenters. The molecule has 0 radical (unpaired) electrons. The maximum atomic E-state index is 11.7. The Morgan fingerprint density at radius 3 is 2.73 bits per heavy atom. The fourth-order valence-corrected chi connectivity index (χ4v) is 3.06. The van der Waals surface area contributed by atoms with E-state index in [-0.39, 0.29) is 15.5 Å². The molecule has 0 aromatic rings. The van der Waals surface area contributed by atoms with Crippen molar-refractivity contribution in [1.82, 2.24) is 5.32 Å². The summed E-state index contributed by atoms with van der Waals surface area (Å²) in [5.41, 5.74) is 0. The molecule has 1 heterocycles. The molecular weight excluding hydrogens is 274 g/mol. The number of alkyl halides is 1. The summed E-state index contributed by atoms with van der Waals surface area (Å²) < 4.78 is 0.263. The highest BCUT2D eigenvalue weighted by molar-refractivity contribution is 9.10. The van der Waals surface area contributed by atoms with Gasteiger partial charge in [-0.05, 0) is 31.4 Å². The van der Waals surface area contributed by atoms with Crippen LogP contribution in [0.15, 0.2) is 0 Å². The Hall–Kier alpha value is 0.300. The van der Waals surface area contributed by atoms with E-state index in [2.05, 4.69) is 28.2 Å². The lowest BCUT2D eigenvalue weighted by atomic mass is 10.1. The standard InChI is InChI=1S/C11H20BrNOS/c1-8(2)9(12)10(14)13-7-11(3)5-4-6-15-11/h8-9H,4-7H2,1-3H3,(H,13,14). The molecule has 0 aliphatic carbocycles. The fourth-order valence-electron chi connectivity index (χ4n) is 1.65. The van der Waals surface area contributed by atoms with E-state index in [1.165, 1.54) is 18.6 Å². The van der Waals surface area contributed by atoms with Crippen molar-refractivity contribution in [3.8, 4) is 0 Å². The summed E-state index contributed by atoms with van der Waals surface area (Å²) in [4.78, 5) is 11.7. The minimum atomic E-state index is -0.0625. The van der Waals surface area contributed by atoms with Gasteiger partial charge < -0.3 is 5.32 Å². The Morgan fingerprint density at radius 2 is 2.27 bits per heavy atom. The summed E-state index contributed by atoms with van der Waals surface area (Å²) >= 11 is 5.39. The number of rotatable bonds is 4. The highest BCUT2D eigenvalue weighted by Gasteiger charge is 2.30. The first-order valence-corrected chi connectivity index (χ1v) is 7.40. The first-order chi connectivity index (χ1) is 6.94. The summed E-state index contributed by atoms with van der Waals surface area (Å²) in [6.45, 7) is 7.13. The zero-order valence-electron chi connectivity index (χ0n) is 9.68. The van der Waals surface area contributed by atoms with E-state index < -0.39 is 0 Å². The van der Waals surface area contributed by atoms with Gasteiger partial charge in [0.1, 0.15) is 0 Å². The molecule has 2 nitrogen and oxygen atoms in total. The van der Waals surface area contributed by atoms with Gasteiger partial charge in [-0.25, -0.2) is 0 Å². The second-order valence-corrected chi connectivity index (χ2v) is 7.43. The van der Waals surface area contributed by atoms with E-state index in [4.69, 9.17) is 0 Å². The summed E-state index contributed by atoms with van der Waals surface area (Å²) in [6, 6.07) is 0. The molecule has 15 heavy (non-hydrogen) atoms. The minimum absolute atomic E-state index is 0.0625. The van der Waals surface area contributed by atoms with Crippen molar-refractivity contribution >= 4 is 33.6 Å². The normalized spacial score (nSPS) is 28.1. The van der Waals surface area contributed by atoms with Crippen LogP contribution in [-0.4, -0.2) is 27.8 Å². The predicted octanol–water partition coefficient (Wildman–Crippen LogP) is 2.81. The van der Waals surface area contributed by atoms with Crippen LogP contribution in [0.3, 0.4) is 0 Å². The van der Waals surface area contributed by atoms with E-state index in [1.54, 1.807) is 0 Å². The third kappa shape index (κ3) is 3.99. The van der Waals surface area contributed by atoms with Gasteiger partial charge in [-0.15, -0.1) is 0 Å². The molecule has 1 saturated heterocycles. The molecular formula is C11H20BrNOS. The Bertz CT molecular complexity index is 227. The average molecular weight is 294 g/mol. The second-order valence-electron chi connectivity index (χ2n) is 4.77. The van der Waals surface area contributed by atoms with Crippen LogP contribution < -0.4 is 5.32 Å². The molecule has 1 aliphatic heterocycles. The maximum Gasteiger partial charge on any atom is 0.234 e. The van der Waals surface area contributed by atoms with Crippen LogP contribution in [-0.2, 0) is 4.79 Å². The van der Waals surface area contributed by atoms with Crippen LogP contribution in [0.2, 0.25) is 0 Å². The van der Waals surface area contributed by atoms with Crippen LogP contribution >= 0.6 is 27.7 Å². The highest BCUT2D eigenvalue weighted by atomic mass is 79.9. The van der Waals surface area contributed by atoms with E-state index in [0.717, 1.165) is 6.54 Å². The third-order valence-electron chi connectivity index (χ3n) is 2.77. The van der Waals surface area contributed by atoms with Crippen LogP contribution in [0.5, 0.6) is 0 Å². The van der Waals surface area contributed by atoms with Crippen LogP contribution in [0, 0.1) is 5.92 Å². The van der Waals surface area contributed by atoms with Gasteiger partial charge in [0.25, 0.3) is 0 Å². The molecule has 0 spiro atoms. The Balaban J connectivity index is 2.33. The van der Waals surface area contributed by atoms with Crippen molar-refractivity contribution in [3.05, 3.63) is 0 Å². The number of hydrogen-bond donors (Lipinski definition) is 1. The smallest absolute Gasteiger partial charge is 0.234 e. The van der Waals surface area contributed by atoms with Gasteiger partial charge in [-0.3, -0.25) is 4.79 Å². The topological polar surface area (TPSA) is 29.1 Å². The summed E-state index contributed by atoms with van der Waals surface area (Å²) in [7, 11) is 0. The van der Waals surface area contributed by atoms with Crippen LogP contribution in [0.1, 0.15) is 33.6 Å². The van der Waals surface area contributed by atoms with E-state index in [9.17, 15) is 4.79 Å². The van der Waals surface area contributed by atoms with Gasteiger partial charge in [-0.1, -0.05) is 29.8 Å². The molecule has 0 saturated carbocycles. The van der Waals surface area contributed by atoms with Gasteiger partial charge in [0, 0.05) is 11.3 Å². The van der Waals surface area contributed by atoms with Gasteiger partial charge >= 0.3 is 0 Å². The number of carbonyl (C=O) groups excluding carboxylic acids is 1. The van der Waals surface area contributed by atoms with Crippen LogP contribution in [0.25, 0.3) is 0 Å². The lowest BCUT2D eigenvalue weighted by Gasteiger charge is -2.24. The van der Waals surface area contributed by atoms with Crippen LogP contribution in [0.4, 0.5) is 0 Å². The molecule has 1 rings (SSSR count). The van der Waals surface area contributed by atoms with Crippen molar-refractivity contribution in [2.24, 2.45) is 5.92 Å². The molecule has 1 amide bonds. The first-order valence-electron chi connectivity index (χ1n) is 5.50. The molecule has 88 valence electrons.